The van der Waals surface area contributed by atoms with E-state index in [4.69, 9.17) is 0 Å². The van der Waals surface area contributed by atoms with Gasteiger partial charge in [0, 0.05) is 35.8 Å². The van der Waals surface area contributed by atoms with Gasteiger partial charge in [0.2, 0.25) is 11.5 Å². The lowest BCUT2D eigenvalue weighted by atomic mass is 10.1. The fourth-order valence-corrected chi connectivity index (χ4v) is 6.88. The van der Waals surface area contributed by atoms with Crippen molar-refractivity contribution in [3.05, 3.63) is 101 Å². The van der Waals surface area contributed by atoms with Crippen molar-refractivity contribution in [1.29, 1.82) is 0 Å². The molecule has 1 aliphatic rings. The molecule has 0 aliphatic carbocycles. The van der Waals surface area contributed by atoms with Crippen LogP contribution in [0, 0.1) is 5.95 Å². The molecule has 0 spiro atoms. The van der Waals surface area contributed by atoms with Gasteiger partial charge in [0.1, 0.15) is 0 Å². The summed E-state index contributed by atoms with van der Waals surface area (Å²) in [6, 6.07) is 21.9. The van der Waals surface area contributed by atoms with E-state index in [9.17, 15) is 14.6 Å². The van der Waals surface area contributed by atoms with Crippen LogP contribution in [-0.4, -0.2) is 68.6 Å². The quantitative estimate of drug-likeness (QED) is 0.0460. The SMILES string of the molecule is CN1/C(=C/c2cc[n+](CCC[N+](C)(C)CCCCCC([O-])=NCCN=C([O-])c3ccc([18F])nc3)c3ccccc23)Sc2ccccc21. The summed E-state index contributed by atoms with van der Waals surface area (Å²) in [4.78, 5) is 14.9. The van der Waals surface area contributed by atoms with Gasteiger partial charge in [-0.1, -0.05) is 36.0 Å². The molecule has 0 N–H and O–H groups in total. The van der Waals surface area contributed by atoms with E-state index >= 15 is 0 Å². The number of thioether (sulfide) groups is 1. The topological polar surface area (TPSA) is 90.8 Å². The molecular weight excluding hydrogens is 611 g/mol. The van der Waals surface area contributed by atoms with Crippen molar-refractivity contribution in [1.82, 2.24) is 4.98 Å². The number of benzene rings is 2. The Morgan fingerprint density at radius 2 is 1.70 bits per heavy atom. The molecule has 2 aromatic heterocycles. The smallest absolute Gasteiger partial charge is 0.213 e. The number of nitrogens with zero attached hydrogens (tertiary/aromatic N) is 6. The van der Waals surface area contributed by atoms with E-state index in [2.05, 4.69) is 112 Å². The standard InChI is InChI=1S/C37H43FN6O2S/c1-42-32-14-8-9-15-33(32)47-36(42)26-28-19-23-43(31-13-7-6-12-30(28)31)22-11-25-44(2,3)24-10-4-5-16-35(45)39-20-21-40-37(46)29-17-18-34(38)41-27-29/h6-9,12-15,17-19,23,26-27H,4-5,10-11,16,20-22,24-25H2,1-3H3/i38-1. The Balaban J connectivity index is 1.04. The molecule has 0 radical (unpaired) electrons. The number of anilines is 1. The summed E-state index contributed by atoms with van der Waals surface area (Å²) < 4.78 is 16.2. The maximum Gasteiger partial charge on any atom is 0.213 e. The van der Waals surface area contributed by atoms with Gasteiger partial charge in [0.05, 0.1) is 62.8 Å². The maximum atomic E-state index is 12.9. The van der Waals surface area contributed by atoms with Crippen LogP contribution in [0.1, 0.15) is 43.2 Å². The van der Waals surface area contributed by atoms with E-state index in [1.165, 1.54) is 38.1 Å². The Kier molecular flexibility index (Phi) is 11.6. The zero-order valence-electron chi connectivity index (χ0n) is 27.4. The van der Waals surface area contributed by atoms with Gasteiger partial charge in [0.15, 0.2) is 12.7 Å². The lowest BCUT2D eigenvalue weighted by Crippen LogP contribution is -2.44. The minimum atomic E-state index is -0.650. The first kappa shape index (κ1) is 34.1. The summed E-state index contributed by atoms with van der Waals surface area (Å²) in [5, 5.41) is 26.6. The number of aryl methyl sites for hydroxylation is 1. The van der Waals surface area contributed by atoms with Gasteiger partial charge in [-0.2, -0.15) is 8.96 Å². The molecule has 0 fully saturated rings. The van der Waals surface area contributed by atoms with E-state index in [1.807, 2.05) is 11.8 Å². The largest absolute Gasteiger partial charge is 0.862 e. The number of quaternary nitrogens is 1. The third-order valence-corrected chi connectivity index (χ3v) is 9.61. The number of fused-ring (bicyclic) bond motifs is 2. The Hall–Kier alpha value is -4.28. The second-order valence-electron chi connectivity index (χ2n) is 12.5. The van der Waals surface area contributed by atoms with Crippen molar-refractivity contribution in [3.63, 3.8) is 0 Å². The highest BCUT2D eigenvalue weighted by Gasteiger charge is 2.22. The predicted octanol–water partition coefficient (Wildman–Crippen LogP) is 4.79. The van der Waals surface area contributed by atoms with Gasteiger partial charge in [0.25, 0.3) is 0 Å². The van der Waals surface area contributed by atoms with Gasteiger partial charge in [-0.15, -0.1) is 0 Å². The predicted molar refractivity (Wildman–Crippen MR) is 186 cm³/mol. The zero-order chi connectivity index (χ0) is 33.2. The molecule has 10 heteroatoms. The zero-order valence-corrected chi connectivity index (χ0v) is 28.3. The van der Waals surface area contributed by atoms with Gasteiger partial charge in [-0.25, -0.2) is 4.98 Å². The van der Waals surface area contributed by atoms with Crippen LogP contribution in [0.2, 0.25) is 0 Å². The van der Waals surface area contributed by atoms with Crippen LogP contribution in [0.5, 0.6) is 0 Å². The van der Waals surface area contributed by atoms with Gasteiger partial charge >= 0.3 is 0 Å². The molecule has 3 heterocycles. The molecule has 0 bridgehead atoms. The minimum Gasteiger partial charge on any atom is -0.862 e. The van der Waals surface area contributed by atoms with Crippen molar-refractivity contribution in [3.8, 4) is 0 Å². The molecule has 0 unspecified atom stereocenters. The van der Waals surface area contributed by atoms with Crippen LogP contribution in [-0.2, 0) is 6.54 Å². The molecule has 0 saturated carbocycles. The molecule has 5 rings (SSSR count). The summed E-state index contributed by atoms with van der Waals surface area (Å²) in [7, 11) is 6.69. The monoisotopic (exact) mass is 653 g/mol. The average molecular weight is 654 g/mol. The second kappa shape index (κ2) is 16.0. The van der Waals surface area contributed by atoms with Gasteiger partial charge < -0.3 is 24.6 Å². The van der Waals surface area contributed by atoms with Gasteiger partial charge in [-0.3, -0.25) is 4.99 Å². The summed E-state index contributed by atoms with van der Waals surface area (Å²) in [6.07, 6.45) is 9.95. The van der Waals surface area contributed by atoms with Gasteiger partial charge in [-0.05, 0) is 79.5 Å². The van der Waals surface area contributed by atoms with Crippen LogP contribution < -0.4 is 19.7 Å². The number of aliphatic imine (C=N–C) groups is 2. The molecule has 8 nitrogen and oxygen atoms in total. The molecule has 2 aromatic carbocycles. The number of unbranched alkanes of at least 4 members (excludes halogenated alkanes) is 2. The van der Waals surface area contributed by atoms with Crippen molar-refractivity contribution in [2.75, 3.05) is 52.2 Å². The molecular formula is C37H43FN6O2S. The van der Waals surface area contributed by atoms with Crippen molar-refractivity contribution in [2.45, 2.75) is 43.5 Å². The number of hydrogen-bond acceptors (Lipinski definition) is 7. The number of pyridine rings is 2. The van der Waals surface area contributed by atoms with E-state index in [1.54, 1.807) is 0 Å². The highest BCUT2D eigenvalue weighted by Crippen LogP contribution is 2.45. The van der Waals surface area contributed by atoms with E-state index < -0.39 is 11.8 Å². The maximum absolute atomic E-state index is 12.9. The number of hydrogen-bond donors (Lipinski definition) is 0. The number of halogens is 1. The first-order valence-corrected chi connectivity index (χ1v) is 17.0. The van der Waals surface area contributed by atoms with Crippen LogP contribution in [0.15, 0.2) is 99.0 Å². The van der Waals surface area contributed by atoms with E-state index in [0.29, 0.717) is 6.42 Å². The lowest BCUT2D eigenvalue weighted by Gasteiger charge is -2.29. The second-order valence-corrected chi connectivity index (χ2v) is 13.5. The number of aromatic nitrogens is 2. The molecule has 1 aliphatic heterocycles. The highest BCUT2D eigenvalue weighted by atomic mass is 32.2. The van der Waals surface area contributed by atoms with E-state index in [0.717, 1.165) is 62.1 Å². The molecule has 246 valence electrons. The number of rotatable bonds is 15. The van der Waals surface area contributed by atoms with E-state index in [-0.39, 0.29) is 24.6 Å². The highest BCUT2D eigenvalue weighted by molar-refractivity contribution is 8.03. The van der Waals surface area contributed by atoms with Crippen LogP contribution in [0.25, 0.3) is 17.0 Å². The van der Waals surface area contributed by atoms with Crippen molar-refractivity contribution in [2.24, 2.45) is 9.98 Å². The Morgan fingerprint density at radius 1 is 0.936 bits per heavy atom. The normalized spacial score (nSPS) is 14.7. The fourth-order valence-electron chi connectivity index (χ4n) is 5.78. The molecule has 4 aromatic rings. The summed E-state index contributed by atoms with van der Waals surface area (Å²) >= 11 is 1.82. The van der Waals surface area contributed by atoms with Crippen LogP contribution >= 0.6 is 11.8 Å². The fraction of sp³-hybridized carbons (Fsp3) is 0.351. The Labute approximate surface area is 281 Å². The third kappa shape index (κ3) is 9.39. The molecule has 0 atom stereocenters. The first-order valence-electron chi connectivity index (χ1n) is 16.2. The molecule has 0 saturated heterocycles. The summed E-state index contributed by atoms with van der Waals surface area (Å²) in [5.74, 6) is -1.30. The third-order valence-electron chi connectivity index (χ3n) is 8.44. The summed E-state index contributed by atoms with van der Waals surface area (Å²) in [5.41, 5.74) is 3.94. The molecule has 0 amide bonds. The Bertz CT molecular complexity index is 1760. The lowest BCUT2D eigenvalue weighted by molar-refractivity contribution is -0.892. The van der Waals surface area contributed by atoms with Crippen molar-refractivity contribution < 1.29 is 23.7 Å². The van der Waals surface area contributed by atoms with Crippen LogP contribution in [0.4, 0.5) is 10.1 Å². The Morgan fingerprint density at radius 3 is 2.51 bits per heavy atom. The number of para-hydroxylation sites is 2. The first-order chi connectivity index (χ1) is 22.7. The molecule has 47 heavy (non-hydrogen) atoms. The summed E-state index contributed by atoms with van der Waals surface area (Å²) in [6.45, 7) is 3.36. The van der Waals surface area contributed by atoms with Crippen molar-refractivity contribution >= 4 is 46.2 Å². The average Bonchev–Trinajstić information content (AvgIpc) is 3.38. The van der Waals surface area contributed by atoms with Crippen LogP contribution in [0.3, 0.4) is 0 Å². The minimum absolute atomic E-state index is 0.121.